The molecule has 3 nitrogen and oxygen atoms in total. The van der Waals surface area contributed by atoms with E-state index in [0.717, 1.165) is 0 Å². The average Bonchev–Trinajstić information content (AvgIpc) is 1.87. The minimum atomic E-state index is -0.708. The van der Waals surface area contributed by atoms with Crippen molar-refractivity contribution in [1.82, 2.24) is 0 Å². The number of hydrogen-bond donors (Lipinski definition) is 3. The SMILES string of the molecule is CC(CO)(CO)CO.[Ac].[Ac].[Ac]. The maximum atomic E-state index is 8.47. The second kappa shape index (κ2) is 14.2. The summed E-state index contributed by atoms with van der Waals surface area (Å²) in [5, 5.41) is 25.4. The molecule has 0 aliphatic heterocycles. The summed E-state index contributed by atoms with van der Waals surface area (Å²) < 4.78 is 0. The molecule has 3 radical (unpaired) electrons. The van der Waals surface area contributed by atoms with Gasteiger partial charge in [-0.1, -0.05) is 6.92 Å². The van der Waals surface area contributed by atoms with Crippen LogP contribution in [0.4, 0.5) is 0 Å². The van der Waals surface area contributed by atoms with Crippen LogP contribution >= 0.6 is 0 Å². The van der Waals surface area contributed by atoms with Gasteiger partial charge in [-0.3, -0.25) is 0 Å². The summed E-state index contributed by atoms with van der Waals surface area (Å²) in [4.78, 5) is 0. The third-order valence-corrected chi connectivity index (χ3v) is 1.15. The zero-order valence-electron chi connectivity index (χ0n) is 6.70. The van der Waals surface area contributed by atoms with Crippen molar-refractivity contribution in [2.24, 2.45) is 5.41 Å². The standard InChI is InChI=1S/C5H12O3.3Ac/c1-5(2-6,3-7)4-8;;;/h6-8H,2-4H2,1H3;;;. The molecule has 0 aromatic carbocycles. The van der Waals surface area contributed by atoms with Crippen molar-refractivity contribution < 1.29 is 148 Å². The molecule has 0 unspecified atom stereocenters. The Morgan fingerprint density at radius 2 is 1.00 bits per heavy atom. The summed E-state index contributed by atoms with van der Waals surface area (Å²) in [6.07, 6.45) is 0. The predicted molar refractivity (Wildman–Crippen MR) is 29.4 cm³/mol. The molecule has 0 heterocycles. The minimum absolute atomic E-state index is 0. The van der Waals surface area contributed by atoms with Gasteiger partial charge in [0.05, 0.1) is 19.8 Å². The van der Waals surface area contributed by atoms with Crippen molar-refractivity contribution >= 4 is 0 Å². The van der Waals surface area contributed by atoms with Crippen LogP contribution in [0.3, 0.4) is 0 Å². The largest absolute Gasteiger partial charge is 0.396 e. The summed E-state index contributed by atoms with van der Waals surface area (Å²) >= 11 is 0. The molecule has 0 atom stereocenters. The van der Waals surface area contributed by atoms with Gasteiger partial charge < -0.3 is 15.3 Å². The first-order valence-electron chi connectivity index (χ1n) is 2.51. The van der Waals surface area contributed by atoms with Crippen molar-refractivity contribution in [3.05, 3.63) is 0 Å². The van der Waals surface area contributed by atoms with E-state index in [1.165, 1.54) is 0 Å². The molecule has 0 aromatic rings. The van der Waals surface area contributed by atoms with Gasteiger partial charge in [-0.2, -0.15) is 0 Å². The topological polar surface area (TPSA) is 60.7 Å². The molecule has 0 aromatic heterocycles. The summed E-state index contributed by atoms with van der Waals surface area (Å²) in [6.45, 7) is 1.06. The molecular weight excluding hydrogens is 789 g/mol. The zero-order chi connectivity index (χ0) is 6.62. The van der Waals surface area contributed by atoms with Gasteiger partial charge in [-0.15, -0.1) is 0 Å². The van der Waals surface area contributed by atoms with Crippen LogP contribution in [-0.2, 0) is 0 Å². The van der Waals surface area contributed by atoms with Crippen molar-refractivity contribution in [3.8, 4) is 0 Å². The number of rotatable bonds is 3. The smallest absolute Gasteiger partial charge is 0.0528 e. The minimum Gasteiger partial charge on any atom is -0.396 e. The first-order valence-corrected chi connectivity index (χ1v) is 2.51. The molecule has 0 aliphatic carbocycles. The Morgan fingerprint density at radius 1 is 0.818 bits per heavy atom. The van der Waals surface area contributed by atoms with E-state index in [1.807, 2.05) is 0 Å². The quantitative estimate of drug-likeness (QED) is 0.343. The van der Waals surface area contributed by atoms with Gasteiger partial charge in [-0.05, 0) is 0 Å². The van der Waals surface area contributed by atoms with E-state index in [9.17, 15) is 0 Å². The Kier molecular flexibility index (Phi) is 31.6. The van der Waals surface area contributed by atoms with Crippen LogP contribution in [0, 0.1) is 138 Å². The number of aliphatic hydroxyl groups is 3. The van der Waals surface area contributed by atoms with E-state index < -0.39 is 5.41 Å². The van der Waals surface area contributed by atoms with Crippen molar-refractivity contribution in [3.63, 3.8) is 0 Å². The van der Waals surface area contributed by atoms with Gasteiger partial charge >= 0.3 is 0 Å². The molecule has 0 rings (SSSR count). The van der Waals surface area contributed by atoms with E-state index in [4.69, 9.17) is 15.3 Å². The Morgan fingerprint density at radius 3 is 1.00 bits per heavy atom. The summed E-state index contributed by atoms with van der Waals surface area (Å²) in [7, 11) is 0. The second-order valence-corrected chi connectivity index (χ2v) is 2.29. The van der Waals surface area contributed by atoms with Crippen molar-refractivity contribution in [2.45, 2.75) is 6.92 Å². The zero-order valence-corrected chi connectivity index (χ0v) is 20.9. The van der Waals surface area contributed by atoms with E-state index in [1.54, 1.807) is 6.92 Å². The van der Waals surface area contributed by atoms with Gasteiger partial charge in [-0.25, -0.2) is 0 Å². The van der Waals surface area contributed by atoms with Gasteiger partial charge in [0.25, 0.3) is 0 Å². The molecule has 11 heavy (non-hydrogen) atoms. The van der Waals surface area contributed by atoms with Gasteiger partial charge in [0.2, 0.25) is 0 Å². The van der Waals surface area contributed by atoms with E-state index >= 15 is 0 Å². The van der Waals surface area contributed by atoms with Crippen LogP contribution < -0.4 is 0 Å². The molecule has 0 spiro atoms. The molecule has 6 heteroatoms. The third-order valence-electron chi connectivity index (χ3n) is 1.15. The predicted octanol–water partition coefficient (Wildman–Crippen LogP) is -1.03. The number of hydrogen-bond acceptors (Lipinski definition) is 3. The van der Waals surface area contributed by atoms with Crippen LogP contribution in [0.15, 0.2) is 0 Å². The Labute approximate surface area is 175 Å². The fraction of sp³-hybridized carbons (Fsp3) is 1.00. The molecule has 0 saturated carbocycles. The summed E-state index contributed by atoms with van der Waals surface area (Å²) in [6, 6.07) is 0. The Bertz CT molecular complexity index is 59.7. The molecule has 3 N–H and O–H groups in total. The molecule has 0 bridgehead atoms. The maximum Gasteiger partial charge on any atom is 0.0528 e. The van der Waals surface area contributed by atoms with E-state index in [-0.39, 0.29) is 152 Å². The Balaban J connectivity index is -0.0000000817. The fourth-order valence-electron chi connectivity index (χ4n) is 0.150. The average molecular weight is 801 g/mol. The monoisotopic (exact) mass is 801 g/mol. The molecule has 0 amide bonds. The molecule has 0 aliphatic rings. The summed E-state index contributed by atoms with van der Waals surface area (Å²) in [5.41, 5.74) is -0.708. The van der Waals surface area contributed by atoms with Crippen molar-refractivity contribution in [1.29, 1.82) is 0 Å². The van der Waals surface area contributed by atoms with Crippen LogP contribution in [0.25, 0.3) is 0 Å². The Hall–Kier alpha value is 4.20. The molecular formula is C5H12Ac3O3. The van der Waals surface area contributed by atoms with Crippen LogP contribution in [0.1, 0.15) is 6.92 Å². The maximum absolute atomic E-state index is 8.47. The normalized spacial score (nSPS) is 8.73. The molecule has 59 valence electrons. The van der Waals surface area contributed by atoms with E-state index in [0.29, 0.717) is 0 Å². The molecule has 0 fully saturated rings. The first-order chi connectivity index (χ1) is 3.68. The summed E-state index contributed by atoms with van der Waals surface area (Å²) in [5.74, 6) is 0. The number of aliphatic hydroxyl groups excluding tert-OH is 3. The van der Waals surface area contributed by atoms with Crippen molar-refractivity contribution in [2.75, 3.05) is 19.8 Å². The third kappa shape index (κ3) is 12.1. The van der Waals surface area contributed by atoms with Crippen LogP contribution in [-0.4, -0.2) is 35.1 Å². The molecule has 0 saturated heterocycles. The second-order valence-electron chi connectivity index (χ2n) is 2.29. The van der Waals surface area contributed by atoms with E-state index in [2.05, 4.69) is 0 Å². The first kappa shape index (κ1) is 24.4. The van der Waals surface area contributed by atoms with Crippen LogP contribution in [0.5, 0.6) is 0 Å². The van der Waals surface area contributed by atoms with Gasteiger partial charge in [0, 0.05) is 138 Å². The van der Waals surface area contributed by atoms with Gasteiger partial charge in [0.1, 0.15) is 0 Å². The van der Waals surface area contributed by atoms with Gasteiger partial charge in [0.15, 0.2) is 0 Å². The van der Waals surface area contributed by atoms with Crippen LogP contribution in [0.2, 0.25) is 0 Å². The fourth-order valence-corrected chi connectivity index (χ4v) is 0.150.